The third-order valence-electron chi connectivity index (χ3n) is 4.09. The summed E-state index contributed by atoms with van der Waals surface area (Å²) in [6.45, 7) is 0. The Bertz CT molecular complexity index is 1190. The van der Waals surface area contributed by atoms with Crippen LogP contribution in [-0.4, -0.2) is 6.29 Å². The average molecular weight is 441 g/mol. The number of carbonyl (C=O) groups excluding carboxylic acids is 1. The van der Waals surface area contributed by atoms with Crippen LogP contribution in [0.2, 0.25) is 0 Å². The molecular weight excluding hydrogens is 429 g/mol. The Labute approximate surface area is 176 Å². The van der Waals surface area contributed by atoms with Crippen LogP contribution in [0, 0.1) is 0 Å². The van der Waals surface area contributed by atoms with Crippen molar-refractivity contribution in [2.24, 2.45) is 0 Å². The van der Waals surface area contributed by atoms with E-state index in [1.54, 1.807) is 56.7 Å². The van der Waals surface area contributed by atoms with Crippen molar-refractivity contribution in [3.05, 3.63) is 70.9 Å². The molecule has 0 N–H and O–H groups in total. The van der Waals surface area contributed by atoms with Gasteiger partial charge < -0.3 is 0 Å². The highest BCUT2D eigenvalue weighted by atomic mass is 32.1. The largest absolute Gasteiger partial charge is 0.298 e. The van der Waals surface area contributed by atoms with E-state index in [9.17, 15) is 4.79 Å². The molecule has 0 atom stereocenters. The van der Waals surface area contributed by atoms with Crippen LogP contribution in [0.3, 0.4) is 0 Å². The second-order valence-electron chi connectivity index (χ2n) is 5.80. The van der Waals surface area contributed by atoms with Gasteiger partial charge in [-0.1, -0.05) is 12.1 Å². The molecule has 0 spiro atoms. The van der Waals surface area contributed by atoms with Crippen LogP contribution in [-0.2, 0) is 0 Å². The van der Waals surface area contributed by atoms with Gasteiger partial charge in [0.25, 0.3) is 0 Å². The van der Waals surface area contributed by atoms with Crippen LogP contribution in [0.25, 0.3) is 39.0 Å². The Hall–Kier alpha value is -1.83. The summed E-state index contributed by atoms with van der Waals surface area (Å²) in [5, 5.41) is 4.20. The third-order valence-corrected chi connectivity index (χ3v) is 9.92. The lowest BCUT2D eigenvalue weighted by Crippen LogP contribution is -1.75. The molecule has 0 amide bonds. The maximum Gasteiger partial charge on any atom is 0.151 e. The summed E-state index contributed by atoms with van der Waals surface area (Å²) in [6, 6.07) is 19.1. The van der Waals surface area contributed by atoms with Crippen molar-refractivity contribution in [1.29, 1.82) is 0 Å². The van der Waals surface area contributed by atoms with Crippen LogP contribution in [0.1, 0.15) is 10.4 Å². The average Bonchev–Trinajstić information content (AvgIpc) is 3.51. The van der Waals surface area contributed by atoms with Gasteiger partial charge in [-0.25, -0.2) is 0 Å². The van der Waals surface area contributed by atoms with Gasteiger partial charge in [0.1, 0.15) is 0 Å². The van der Waals surface area contributed by atoms with E-state index in [1.807, 2.05) is 6.07 Å². The highest BCUT2D eigenvalue weighted by Gasteiger charge is 2.16. The minimum absolute atomic E-state index is 0.778. The highest BCUT2D eigenvalue weighted by molar-refractivity contribution is 7.29. The summed E-state index contributed by atoms with van der Waals surface area (Å²) in [4.78, 5) is 21.4. The first-order chi connectivity index (χ1) is 13.3. The van der Waals surface area contributed by atoms with E-state index in [-0.39, 0.29) is 0 Å². The molecule has 0 aromatic carbocycles. The van der Waals surface area contributed by atoms with Gasteiger partial charge in [0.05, 0.1) is 4.88 Å². The molecule has 5 heterocycles. The second kappa shape index (κ2) is 7.30. The standard InChI is InChI=1S/C21H12OS5/c22-12-13-11-20(18-6-5-16(25-18)14-3-1-9-23-14)27-21(13)19-8-7-17(26-19)15-4-2-10-24-15/h1-12H. The SMILES string of the molecule is O=Cc1cc(-c2ccc(-c3cccs3)s2)sc1-c1ccc(-c2cccs2)s1. The molecule has 6 heteroatoms. The summed E-state index contributed by atoms with van der Waals surface area (Å²) < 4.78 is 0. The molecule has 5 aromatic rings. The molecular formula is C21H12OS5. The Balaban J connectivity index is 1.52. The zero-order chi connectivity index (χ0) is 18.2. The molecule has 0 aliphatic rings. The normalized spacial score (nSPS) is 11.1. The maximum absolute atomic E-state index is 11.7. The fourth-order valence-corrected chi connectivity index (χ4v) is 7.86. The summed E-state index contributed by atoms with van der Waals surface area (Å²) >= 11 is 8.75. The number of aldehydes is 1. The first kappa shape index (κ1) is 17.3. The van der Waals surface area contributed by atoms with Crippen LogP contribution in [0.4, 0.5) is 0 Å². The smallest absolute Gasteiger partial charge is 0.151 e. The van der Waals surface area contributed by atoms with Gasteiger partial charge in [-0.05, 0) is 53.2 Å². The monoisotopic (exact) mass is 440 g/mol. The van der Waals surface area contributed by atoms with E-state index in [0.29, 0.717) is 0 Å². The Morgan fingerprint density at radius 3 is 1.70 bits per heavy atom. The van der Waals surface area contributed by atoms with Crippen molar-refractivity contribution in [3.63, 3.8) is 0 Å². The molecule has 5 aromatic heterocycles. The van der Waals surface area contributed by atoms with E-state index < -0.39 is 0 Å². The van der Waals surface area contributed by atoms with Gasteiger partial charge in [-0.3, -0.25) is 4.79 Å². The van der Waals surface area contributed by atoms with E-state index in [4.69, 9.17) is 0 Å². The molecule has 1 nitrogen and oxygen atoms in total. The molecule has 0 radical (unpaired) electrons. The van der Waals surface area contributed by atoms with Crippen molar-refractivity contribution < 1.29 is 4.79 Å². The van der Waals surface area contributed by atoms with Crippen LogP contribution in [0.5, 0.6) is 0 Å². The van der Waals surface area contributed by atoms with Gasteiger partial charge in [0.2, 0.25) is 0 Å². The number of hydrogen-bond donors (Lipinski definition) is 0. The van der Waals surface area contributed by atoms with Crippen molar-refractivity contribution >= 4 is 63.0 Å². The molecule has 0 fully saturated rings. The van der Waals surface area contributed by atoms with Gasteiger partial charge in [0.15, 0.2) is 6.29 Å². The molecule has 0 unspecified atom stereocenters. The summed E-state index contributed by atoms with van der Waals surface area (Å²) in [7, 11) is 0. The second-order valence-corrected chi connectivity index (χ2v) is 10.9. The maximum atomic E-state index is 11.7. The van der Waals surface area contributed by atoms with Gasteiger partial charge in [0, 0.05) is 39.7 Å². The minimum atomic E-state index is 0.778. The highest BCUT2D eigenvalue weighted by Crippen LogP contribution is 2.45. The van der Waals surface area contributed by atoms with E-state index in [0.717, 1.165) is 26.5 Å². The van der Waals surface area contributed by atoms with E-state index in [1.165, 1.54) is 24.4 Å². The summed E-state index contributed by atoms with van der Waals surface area (Å²) in [5.74, 6) is 0. The molecule has 0 aliphatic carbocycles. The van der Waals surface area contributed by atoms with Crippen LogP contribution < -0.4 is 0 Å². The number of rotatable bonds is 5. The lowest BCUT2D eigenvalue weighted by molar-refractivity contribution is 0.112. The first-order valence-electron chi connectivity index (χ1n) is 8.19. The topological polar surface area (TPSA) is 17.1 Å². The molecule has 5 rings (SSSR count). The van der Waals surface area contributed by atoms with E-state index in [2.05, 4.69) is 59.3 Å². The van der Waals surface area contributed by atoms with Crippen molar-refractivity contribution in [2.75, 3.05) is 0 Å². The summed E-state index contributed by atoms with van der Waals surface area (Å²) in [6.07, 6.45) is 0.980. The van der Waals surface area contributed by atoms with Gasteiger partial charge >= 0.3 is 0 Å². The molecule has 0 saturated carbocycles. The third kappa shape index (κ3) is 3.28. The predicted molar refractivity (Wildman–Crippen MR) is 123 cm³/mol. The zero-order valence-corrected chi connectivity index (χ0v) is 18.0. The van der Waals surface area contributed by atoms with E-state index >= 15 is 0 Å². The molecule has 0 aliphatic heterocycles. The van der Waals surface area contributed by atoms with Crippen molar-refractivity contribution in [1.82, 2.24) is 0 Å². The van der Waals surface area contributed by atoms with Crippen LogP contribution in [0.15, 0.2) is 65.4 Å². The fraction of sp³-hybridized carbons (Fsp3) is 0. The number of hydrogen-bond acceptors (Lipinski definition) is 6. The first-order valence-corrected chi connectivity index (χ1v) is 12.4. The molecule has 0 bridgehead atoms. The fourth-order valence-electron chi connectivity index (χ4n) is 2.84. The quantitative estimate of drug-likeness (QED) is 0.250. The zero-order valence-electron chi connectivity index (χ0n) is 13.9. The van der Waals surface area contributed by atoms with Crippen LogP contribution >= 0.6 is 56.7 Å². The molecule has 27 heavy (non-hydrogen) atoms. The minimum Gasteiger partial charge on any atom is -0.298 e. The summed E-state index contributed by atoms with van der Waals surface area (Å²) in [5.41, 5.74) is 0.778. The van der Waals surface area contributed by atoms with Gasteiger partial charge in [-0.15, -0.1) is 56.7 Å². The van der Waals surface area contributed by atoms with Gasteiger partial charge in [-0.2, -0.15) is 0 Å². The Kier molecular flexibility index (Phi) is 4.67. The van der Waals surface area contributed by atoms with Crippen molar-refractivity contribution in [3.8, 4) is 39.0 Å². The number of carbonyl (C=O) groups is 1. The molecule has 0 saturated heterocycles. The Morgan fingerprint density at radius 2 is 1.15 bits per heavy atom. The Morgan fingerprint density at radius 1 is 0.593 bits per heavy atom. The lowest BCUT2D eigenvalue weighted by atomic mass is 10.2. The number of thiophene rings is 5. The molecule has 132 valence electrons. The predicted octanol–water partition coefficient (Wildman–Crippen LogP) is 8.47. The van der Waals surface area contributed by atoms with Crippen molar-refractivity contribution in [2.45, 2.75) is 0 Å². The lowest BCUT2D eigenvalue weighted by Gasteiger charge is -1.93.